The Kier molecular flexibility index (Phi) is 4.88. The quantitative estimate of drug-likeness (QED) is 0.809. The molecule has 7 heteroatoms. The Morgan fingerprint density at radius 2 is 2.12 bits per heavy atom. The van der Waals surface area contributed by atoms with Crippen molar-refractivity contribution in [2.24, 2.45) is 0 Å². The number of benzene rings is 1. The lowest BCUT2D eigenvalue weighted by atomic mass is 10.2. The van der Waals surface area contributed by atoms with E-state index in [1.54, 1.807) is 24.5 Å². The fourth-order valence-electron chi connectivity index (χ4n) is 2.26. The molecule has 6 nitrogen and oxygen atoms in total. The molecule has 1 radical (unpaired) electrons. The lowest BCUT2D eigenvalue weighted by molar-refractivity contribution is -0.115. The molecule has 0 fully saturated rings. The second-order valence-electron chi connectivity index (χ2n) is 5.21. The van der Waals surface area contributed by atoms with Gasteiger partial charge in [-0.05, 0) is 29.0 Å². The van der Waals surface area contributed by atoms with Crippen LogP contribution in [0.2, 0.25) is 5.02 Å². The van der Waals surface area contributed by atoms with Crippen molar-refractivity contribution in [3.8, 4) is 0 Å². The first-order valence-electron chi connectivity index (χ1n) is 7.27. The van der Waals surface area contributed by atoms with Crippen LogP contribution >= 0.6 is 11.6 Å². The summed E-state index contributed by atoms with van der Waals surface area (Å²) in [4.78, 5) is 27.4. The highest BCUT2D eigenvalue weighted by Crippen LogP contribution is 2.17. The van der Waals surface area contributed by atoms with E-state index in [1.807, 2.05) is 12.1 Å². The number of aromatic nitrogens is 1. The predicted molar refractivity (Wildman–Crippen MR) is 91.3 cm³/mol. The maximum Gasteiger partial charge on any atom is 0.270 e. The van der Waals surface area contributed by atoms with E-state index in [9.17, 15) is 9.59 Å². The highest BCUT2D eigenvalue weighted by molar-refractivity contribution is 6.33. The van der Waals surface area contributed by atoms with Crippen LogP contribution in [0.1, 0.15) is 5.56 Å². The number of rotatable bonds is 5. The van der Waals surface area contributed by atoms with Gasteiger partial charge in [0.1, 0.15) is 0 Å². The van der Waals surface area contributed by atoms with Gasteiger partial charge >= 0.3 is 0 Å². The molecule has 0 saturated carbocycles. The summed E-state index contributed by atoms with van der Waals surface area (Å²) < 4.78 is 0. The summed E-state index contributed by atoms with van der Waals surface area (Å²) in [6.07, 6.45) is 6.30. The number of hydrogen-bond acceptors (Lipinski definition) is 4. The number of carbonyl (C=O) groups is 2. The maximum absolute atomic E-state index is 12.0. The molecule has 1 aromatic carbocycles. The van der Waals surface area contributed by atoms with Crippen LogP contribution in [-0.4, -0.2) is 23.3 Å². The third-order valence-corrected chi connectivity index (χ3v) is 3.71. The van der Waals surface area contributed by atoms with Crippen molar-refractivity contribution in [3.63, 3.8) is 0 Å². The summed E-state index contributed by atoms with van der Waals surface area (Å²) >= 11 is 6.17. The van der Waals surface area contributed by atoms with Crippen molar-refractivity contribution in [1.29, 1.82) is 0 Å². The SMILES string of the molecule is O=C1C=c2cc(NC(=O)CNCc3cccnc3)c(Cl)cc2=C[N]1. The second kappa shape index (κ2) is 7.25. The lowest BCUT2D eigenvalue weighted by Gasteiger charge is -2.10. The number of fused-ring (bicyclic) bond motifs is 1. The molecule has 0 atom stereocenters. The fraction of sp³-hybridized carbons (Fsp3) is 0.118. The van der Waals surface area contributed by atoms with Crippen LogP contribution < -0.4 is 26.4 Å². The van der Waals surface area contributed by atoms with Crippen molar-refractivity contribution in [2.45, 2.75) is 6.54 Å². The number of nitrogens with zero attached hydrogens (tertiary/aromatic N) is 2. The van der Waals surface area contributed by atoms with Crippen molar-refractivity contribution in [2.75, 3.05) is 11.9 Å². The fourth-order valence-corrected chi connectivity index (χ4v) is 2.48. The van der Waals surface area contributed by atoms with E-state index in [4.69, 9.17) is 11.6 Å². The van der Waals surface area contributed by atoms with Crippen LogP contribution in [0.25, 0.3) is 12.3 Å². The van der Waals surface area contributed by atoms with Crippen LogP contribution in [0.5, 0.6) is 0 Å². The number of nitrogens with one attached hydrogen (secondary N) is 2. The maximum atomic E-state index is 12.0. The molecule has 2 aromatic rings. The van der Waals surface area contributed by atoms with Gasteiger partial charge in [-0.25, -0.2) is 5.32 Å². The minimum Gasteiger partial charge on any atom is -0.324 e. The Morgan fingerprint density at radius 3 is 2.92 bits per heavy atom. The van der Waals surface area contributed by atoms with E-state index in [-0.39, 0.29) is 18.4 Å². The Labute approximate surface area is 143 Å². The van der Waals surface area contributed by atoms with E-state index >= 15 is 0 Å². The Hall–Kier alpha value is -2.70. The number of pyridine rings is 1. The molecule has 0 spiro atoms. The molecular weight excluding hydrogens is 328 g/mol. The smallest absolute Gasteiger partial charge is 0.270 e. The highest BCUT2D eigenvalue weighted by atomic mass is 35.5. The van der Waals surface area contributed by atoms with Gasteiger partial charge in [-0.15, -0.1) is 0 Å². The van der Waals surface area contributed by atoms with Gasteiger partial charge in [-0.3, -0.25) is 14.6 Å². The average molecular weight is 342 g/mol. The first-order chi connectivity index (χ1) is 11.6. The molecule has 2 amide bonds. The summed E-state index contributed by atoms with van der Waals surface area (Å²) in [5.41, 5.74) is 1.45. The van der Waals surface area contributed by atoms with Gasteiger partial charge in [0.2, 0.25) is 5.91 Å². The molecular formula is C17H14ClN4O2. The summed E-state index contributed by atoms with van der Waals surface area (Å²) in [5, 5.41) is 11.3. The minimum absolute atomic E-state index is 0.131. The van der Waals surface area contributed by atoms with Gasteiger partial charge < -0.3 is 10.6 Å². The van der Waals surface area contributed by atoms with Crippen LogP contribution in [0.15, 0.2) is 36.7 Å². The molecule has 2 heterocycles. The molecule has 2 N–H and O–H groups in total. The zero-order valence-corrected chi connectivity index (χ0v) is 13.4. The van der Waals surface area contributed by atoms with Crippen molar-refractivity contribution >= 4 is 41.4 Å². The standard InChI is InChI=1S/C17H14ClN4O2/c18-14-4-13-9-21-16(23)6-12(13)5-15(14)22-17(24)10-20-8-11-2-1-3-19-7-11/h1-7,9,20H,8,10H2,(H,22,24). The molecule has 24 heavy (non-hydrogen) atoms. The Balaban J connectivity index is 1.64. The molecule has 0 saturated heterocycles. The van der Waals surface area contributed by atoms with Crippen molar-refractivity contribution in [1.82, 2.24) is 15.6 Å². The Morgan fingerprint density at radius 1 is 1.25 bits per heavy atom. The molecule has 1 aliphatic heterocycles. The van der Waals surface area contributed by atoms with Gasteiger partial charge in [0.25, 0.3) is 5.91 Å². The molecule has 0 unspecified atom stereocenters. The van der Waals surface area contributed by atoms with E-state index in [0.717, 1.165) is 10.8 Å². The summed E-state index contributed by atoms with van der Waals surface area (Å²) in [6.45, 7) is 0.671. The second-order valence-corrected chi connectivity index (χ2v) is 5.62. The normalized spacial score (nSPS) is 12.5. The Bertz CT molecular complexity index is 897. The van der Waals surface area contributed by atoms with E-state index in [2.05, 4.69) is 20.9 Å². The van der Waals surface area contributed by atoms with Crippen molar-refractivity contribution < 1.29 is 9.59 Å². The van der Waals surface area contributed by atoms with Crippen LogP contribution in [0, 0.1) is 0 Å². The van der Waals surface area contributed by atoms with Crippen molar-refractivity contribution in [3.05, 3.63) is 57.7 Å². The number of amides is 2. The van der Waals surface area contributed by atoms with E-state index < -0.39 is 0 Å². The number of hydrogen-bond donors (Lipinski definition) is 2. The van der Waals surface area contributed by atoms with Gasteiger partial charge in [0.05, 0.1) is 17.3 Å². The zero-order chi connectivity index (χ0) is 16.9. The summed E-state index contributed by atoms with van der Waals surface area (Å²) in [7, 11) is 0. The van der Waals surface area contributed by atoms with Gasteiger partial charge in [-0.2, -0.15) is 0 Å². The van der Waals surface area contributed by atoms with Crippen LogP contribution in [0.3, 0.4) is 0 Å². The zero-order valence-electron chi connectivity index (χ0n) is 12.6. The summed E-state index contributed by atoms with van der Waals surface area (Å²) in [5.74, 6) is -0.559. The predicted octanol–water partition coefficient (Wildman–Crippen LogP) is 0.126. The van der Waals surface area contributed by atoms with Crippen LogP contribution in [-0.2, 0) is 16.1 Å². The molecule has 3 rings (SSSR count). The van der Waals surface area contributed by atoms with Crippen LogP contribution in [0.4, 0.5) is 5.69 Å². The third kappa shape index (κ3) is 3.98. The summed E-state index contributed by atoms with van der Waals surface area (Å²) in [6, 6.07) is 7.10. The number of anilines is 1. The van der Waals surface area contributed by atoms with Gasteiger partial charge in [-0.1, -0.05) is 17.7 Å². The first kappa shape index (κ1) is 16.2. The first-order valence-corrected chi connectivity index (χ1v) is 7.65. The highest BCUT2D eigenvalue weighted by Gasteiger charge is 2.09. The monoisotopic (exact) mass is 341 g/mol. The van der Waals surface area contributed by atoms with E-state index in [0.29, 0.717) is 22.5 Å². The lowest BCUT2D eigenvalue weighted by Crippen LogP contribution is -2.34. The molecule has 0 bridgehead atoms. The van der Waals surface area contributed by atoms with Gasteiger partial charge in [0, 0.05) is 36.4 Å². The number of carbonyl (C=O) groups excluding carboxylic acids is 2. The minimum atomic E-state index is -0.333. The largest absolute Gasteiger partial charge is 0.324 e. The van der Waals surface area contributed by atoms with E-state index in [1.165, 1.54) is 12.3 Å². The van der Waals surface area contributed by atoms with Gasteiger partial charge in [0.15, 0.2) is 0 Å². The topological polar surface area (TPSA) is 85.2 Å². The third-order valence-electron chi connectivity index (χ3n) is 3.39. The average Bonchev–Trinajstić information content (AvgIpc) is 2.57. The molecule has 0 aliphatic carbocycles. The molecule has 1 aromatic heterocycles. The number of halogens is 1. The molecule has 121 valence electrons. The molecule has 1 aliphatic rings.